The van der Waals surface area contributed by atoms with Gasteiger partial charge in [-0.1, -0.05) is 217 Å². The number of anilines is 6. The van der Waals surface area contributed by atoms with Crippen LogP contribution in [0.3, 0.4) is 0 Å². The number of aryl methyl sites for hydroxylation is 2. The molecule has 1 unspecified atom stereocenters. The van der Waals surface area contributed by atoms with Crippen LogP contribution < -0.4 is 9.80 Å². The molecule has 0 aliphatic carbocycles. The minimum Gasteiger partial charge on any atom is -0.311 e. The van der Waals surface area contributed by atoms with Gasteiger partial charge in [0.25, 0.3) is 0 Å². The lowest BCUT2D eigenvalue weighted by Gasteiger charge is -2.31. The van der Waals surface area contributed by atoms with Crippen molar-refractivity contribution in [3.63, 3.8) is 0 Å². The molecule has 0 radical (unpaired) electrons. The van der Waals surface area contributed by atoms with Crippen LogP contribution in [0, 0.1) is 13.8 Å². The highest BCUT2D eigenvalue weighted by Gasteiger charge is 2.28. The Morgan fingerprint density at radius 2 is 0.628 bits per heavy atom. The van der Waals surface area contributed by atoms with Gasteiger partial charge in [-0.2, -0.15) is 8.75 Å². The van der Waals surface area contributed by atoms with Crippen molar-refractivity contribution in [2.45, 2.75) is 85.5 Å². The number of hydrogen-bond donors (Lipinski definition) is 0. The molecule has 1 atom stereocenters. The predicted molar refractivity (Wildman–Crippen MR) is 334 cm³/mol. The molecule has 1 heterocycles. The highest BCUT2D eigenvalue weighted by atomic mass is 32.1. The minimum atomic E-state index is -0.0412. The molecule has 0 amide bonds. The van der Waals surface area contributed by atoms with Crippen LogP contribution >= 0.6 is 11.7 Å². The Morgan fingerprint density at radius 1 is 0.359 bits per heavy atom. The lowest BCUT2D eigenvalue weighted by Crippen LogP contribution is -2.23. The van der Waals surface area contributed by atoms with Crippen LogP contribution in [-0.2, 0) is 5.41 Å². The fraction of sp³-hybridized carbons (Fsp3) is 0.178. The Labute approximate surface area is 466 Å². The summed E-state index contributed by atoms with van der Waals surface area (Å²) in [4.78, 5) is 4.69. The molecule has 0 aliphatic heterocycles. The second-order valence-electron chi connectivity index (χ2n) is 21.9. The van der Waals surface area contributed by atoms with Gasteiger partial charge in [-0.25, -0.2) is 0 Å². The van der Waals surface area contributed by atoms with Crippen molar-refractivity contribution < 1.29 is 0 Å². The Morgan fingerprint density at radius 3 is 0.974 bits per heavy atom. The second-order valence-corrected chi connectivity index (χ2v) is 22.4. The normalized spacial score (nSPS) is 12.3. The van der Waals surface area contributed by atoms with Gasteiger partial charge in [0.1, 0.15) is 11.0 Å². The van der Waals surface area contributed by atoms with Crippen molar-refractivity contribution in [3.05, 3.63) is 264 Å². The fourth-order valence-electron chi connectivity index (χ4n) is 11.1. The van der Waals surface area contributed by atoms with Crippen LogP contribution in [0.1, 0.15) is 99.6 Å². The number of fused-ring (bicyclic) bond motifs is 1. The van der Waals surface area contributed by atoms with Crippen LogP contribution in [0.2, 0.25) is 0 Å². The molecule has 0 spiro atoms. The Bertz CT molecular complexity index is 3770. The molecule has 5 heteroatoms. The first kappa shape index (κ1) is 51.7. The highest BCUT2D eigenvalue weighted by molar-refractivity contribution is 7.00. The first-order chi connectivity index (χ1) is 37.9. The summed E-state index contributed by atoms with van der Waals surface area (Å²) in [5.74, 6) is 0.926. The summed E-state index contributed by atoms with van der Waals surface area (Å²) >= 11 is 1.27. The van der Waals surface area contributed by atoms with Crippen LogP contribution in [0.25, 0.3) is 55.5 Å². The fourth-order valence-corrected chi connectivity index (χ4v) is 11.7. The zero-order chi connectivity index (χ0) is 53.9. The second kappa shape index (κ2) is 22.3. The van der Waals surface area contributed by atoms with Crippen molar-refractivity contribution in [1.29, 1.82) is 0 Å². The van der Waals surface area contributed by atoms with Crippen molar-refractivity contribution in [1.82, 2.24) is 8.75 Å². The Hall–Kier alpha value is -8.38. The average Bonchev–Trinajstić information content (AvgIpc) is 4.05. The van der Waals surface area contributed by atoms with E-state index in [4.69, 9.17) is 8.75 Å². The van der Waals surface area contributed by atoms with E-state index in [9.17, 15) is 0 Å². The van der Waals surface area contributed by atoms with Crippen molar-refractivity contribution in [2.75, 3.05) is 9.80 Å². The summed E-state index contributed by atoms with van der Waals surface area (Å²) < 4.78 is 9.74. The predicted octanol–water partition coefficient (Wildman–Crippen LogP) is 21.3. The van der Waals surface area contributed by atoms with Gasteiger partial charge in [-0.15, -0.1) is 0 Å². The maximum absolute atomic E-state index is 4.87. The lowest BCUT2D eigenvalue weighted by atomic mass is 9.73. The SMILES string of the molecule is CCCC(C)(c1ccc(C)cc1)c1ccc(-c2ccc(N(c3ccc(-c4ccc(-c5ccc(-c6ccc(N(c7ccc(C)cc7)c7ccc(C(C)C)cc7)cc6)c6nsnc56)cc4)cc3)c3ccc(C(C)C)cc3)cc2)cc1. The van der Waals surface area contributed by atoms with E-state index in [1.165, 1.54) is 56.2 Å². The summed E-state index contributed by atoms with van der Waals surface area (Å²) in [5, 5.41) is 0. The summed E-state index contributed by atoms with van der Waals surface area (Å²) in [7, 11) is 0. The Balaban J connectivity index is 0.831. The van der Waals surface area contributed by atoms with E-state index < -0.39 is 0 Å². The molecule has 10 aromatic carbocycles. The van der Waals surface area contributed by atoms with Crippen LogP contribution in [0.5, 0.6) is 0 Å². The minimum absolute atomic E-state index is 0.0412. The molecule has 386 valence electrons. The molecule has 0 fully saturated rings. The molecule has 0 bridgehead atoms. The van der Waals surface area contributed by atoms with Crippen molar-refractivity contribution >= 4 is 56.9 Å². The third-order valence-corrected chi connectivity index (χ3v) is 16.4. The molecule has 0 aliphatic rings. The van der Waals surface area contributed by atoms with Gasteiger partial charge in [0, 0.05) is 50.7 Å². The smallest absolute Gasteiger partial charge is 0.113 e. The van der Waals surface area contributed by atoms with Gasteiger partial charge in [0.2, 0.25) is 0 Å². The monoisotopic (exact) mass is 1030 g/mol. The number of hydrogen-bond acceptors (Lipinski definition) is 5. The van der Waals surface area contributed by atoms with Gasteiger partial charge < -0.3 is 9.80 Å². The molecular weight excluding hydrogens is 965 g/mol. The molecule has 78 heavy (non-hydrogen) atoms. The first-order valence-corrected chi connectivity index (χ1v) is 28.4. The Kier molecular flexibility index (Phi) is 14.8. The molecule has 11 rings (SSSR count). The quantitative estimate of drug-likeness (QED) is 0.0965. The average molecular weight is 1030 g/mol. The highest BCUT2D eigenvalue weighted by Crippen LogP contribution is 2.42. The maximum atomic E-state index is 4.87. The number of rotatable bonds is 16. The van der Waals surface area contributed by atoms with E-state index in [-0.39, 0.29) is 5.41 Å². The van der Waals surface area contributed by atoms with Gasteiger partial charge in [0.05, 0.1) is 11.7 Å². The first-order valence-electron chi connectivity index (χ1n) is 27.7. The summed E-state index contributed by atoms with van der Waals surface area (Å²) in [6.45, 7) is 17.9. The third-order valence-electron chi connectivity index (χ3n) is 15.9. The van der Waals surface area contributed by atoms with E-state index in [2.05, 4.69) is 296 Å². The van der Waals surface area contributed by atoms with Crippen LogP contribution in [0.15, 0.2) is 231 Å². The number of benzene rings is 10. The van der Waals surface area contributed by atoms with Crippen molar-refractivity contribution in [3.8, 4) is 44.5 Å². The van der Waals surface area contributed by atoms with Crippen LogP contribution in [0.4, 0.5) is 34.1 Å². The summed E-state index contributed by atoms with van der Waals surface area (Å²) in [5.41, 5.74) is 25.5. The van der Waals surface area contributed by atoms with Gasteiger partial charge >= 0.3 is 0 Å². The standard InChI is InChI=1S/C73H68N4S/c1-9-48-73(8,61-30-10-51(6)11-31-61)62-32-18-56(19-33-62)58-26-42-67(43-27-58)77(65-38-22-54(23-39-65)50(4)5)66-40-24-57(25-41-66)55-14-16-59(17-15-55)69-46-47-70(72-71(69)74-78-75-72)60-28-44-68(45-29-60)76(63-34-12-52(7)13-35-63)64-36-20-53(21-37-64)49(2)3/h10-47,49-50H,9,48H2,1-8H3. The van der Waals surface area contributed by atoms with Gasteiger partial charge in [0.15, 0.2) is 0 Å². The molecular formula is C73H68N4S. The third kappa shape index (κ3) is 10.6. The van der Waals surface area contributed by atoms with Gasteiger partial charge in [-0.3, -0.25) is 0 Å². The molecule has 0 saturated heterocycles. The summed E-state index contributed by atoms with van der Waals surface area (Å²) in [6, 6.07) is 85.2. The van der Waals surface area contributed by atoms with E-state index in [0.29, 0.717) is 11.8 Å². The molecule has 0 N–H and O–H groups in total. The summed E-state index contributed by atoms with van der Waals surface area (Å²) in [6.07, 6.45) is 2.22. The van der Waals surface area contributed by atoms with Gasteiger partial charge in [-0.05, 0) is 161 Å². The lowest BCUT2D eigenvalue weighted by molar-refractivity contribution is 0.512. The van der Waals surface area contributed by atoms with E-state index in [1.54, 1.807) is 0 Å². The van der Waals surface area contributed by atoms with Crippen molar-refractivity contribution in [2.24, 2.45) is 0 Å². The number of aromatic nitrogens is 2. The topological polar surface area (TPSA) is 32.3 Å². The van der Waals surface area contributed by atoms with E-state index in [1.807, 2.05) is 0 Å². The molecule has 1 aromatic heterocycles. The van der Waals surface area contributed by atoms with Crippen LogP contribution in [-0.4, -0.2) is 8.75 Å². The largest absolute Gasteiger partial charge is 0.311 e. The molecule has 4 nitrogen and oxygen atoms in total. The zero-order valence-corrected chi connectivity index (χ0v) is 47.0. The zero-order valence-electron chi connectivity index (χ0n) is 46.2. The number of nitrogens with zero attached hydrogens (tertiary/aromatic N) is 4. The molecule has 0 saturated carbocycles. The molecule has 11 aromatic rings. The maximum Gasteiger partial charge on any atom is 0.113 e. The van der Waals surface area contributed by atoms with E-state index in [0.717, 1.165) is 91.4 Å². The van der Waals surface area contributed by atoms with E-state index >= 15 is 0 Å².